The van der Waals surface area contributed by atoms with Crippen LogP contribution in [0.3, 0.4) is 0 Å². The van der Waals surface area contributed by atoms with Crippen LogP contribution >= 0.6 is 11.7 Å². The first-order valence-electron chi connectivity index (χ1n) is 7.43. The first kappa shape index (κ1) is 16.6. The highest BCUT2D eigenvalue weighted by molar-refractivity contribution is 6.99. The van der Waals surface area contributed by atoms with Gasteiger partial charge >= 0.3 is 0 Å². The van der Waals surface area contributed by atoms with E-state index in [1.807, 2.05) is 0 Å². The van der Waals surface area contributed by atoms with Gasteiger partial charge in [0, 0.05) is 13.1 Å². The summed E-state index contributed by atoms with van der Waals surface area (Å²) in [4.78, 5) is 2.26. The second kappa shape index (κ2) is 7.45. The number of ether oxygens (including phenoxy) is 1. The molecule has 1 aliphatic rings. The topological polar surface area (TPSA) is 38.3 Å². The molecule has 0 aromatic carbocycles. The highest BCUT2D eigenvalue weighted by Crippen LogP contribution is 2.30. The molecule has 0 fully saturated rings. The van der Waals surface area contributed by atoms with Crippen molar-refractivity contribution in [2.75, 3.05) is 26.7 Å². The highest BCUT2D eigenvalue weighted by atomic mass is 32.1. The first-order chi connectivity index (χ1) is 10.0. The molecule has 0 unspecified atom stereocenters. The summed E-state index contributed by atoms with van der Waals surface area (Å²) < 4.78 is 14.4. The maximum absolute atomic E-state index is 6.06. The molecular formula is C14H21B2N3OS. The van der Waals surface area contributed by atoms with Crippen molar-refractivity contribution in [3.05, 3.63) is 11.8 Å². The number of nitrogens with zero attached hydrogens (tertiary/aromatic N) is 3. The number of rotatable bonds is 7. The average Bonchev–Trinajstić information content (AvgIpc) is 2.92. The second-order valence-corrected chi connectivity index (χ2v) is 6.33. The zero-order valence-electron chi connectivity index (χ0n) is 12.8. The fourth-order valence-electron chi connectivity index (χ4n) is 2.32. The maximum atomic E-state index is 6.06. The van der Waals surface area contributed by atoms with Crippen molar-refractivity contribution in [3.8, 4) is 5.88 Å². The van der Waals surface area contributed by atoms with E-state index in [0.717, 1.165) is 56.2 Å². The number of unbranched alkanes of at least 4 members (excludes halogenated alkanes) is 1. The van der Waals surface area contributed by atoms with Crippen LogP contribution in [-0.2, 0) is 0 Å². The third-order valence-electron chi connectivity index (χ3n) is 3.58. The zero-order valence-corrected chi connectivity index (χ0v) is 13.7. The molecule has 0 N–H and O–H groups in total. The van der Waals surface area contributed by atoms with Crippen LogP contribution in [0.1, 0.15) is 38.3 Å². The van der Waals surface area contributed by atoms with E-state index in [9.17, 15) is 0 Å². The van der Waals surface area contributed by atoms with Crippen molar-refractivity contribution >= 4 is 33.0 Å². The number of hydrogen-bond donors (Lipinski definition) is 0. The van der Waals surface area contributed by atoms with Gasteiger partial charge in [0.15, 0.2) is 0 Å². The van der Waals surface area contributed by atoms with Gasteiger partial charge in [-0.2, -0.15) is 4.37 Å². The Bertz CT molecular complexity index is 490. The van der Waals surface area contributed by atoms with E-state index >= 15 is 0 Å². The minimum Gasteiger partial charge on any atom is -0.476 e. The molecule has 110 valence electrons. The van der Waals surface area contributed by atoms with Crippen LogP contribution in [0.2, 0.25) is 5.21 Å². The molecule has 2 rings (SSSR count). The summed E-state index contributed by atoms with van der Waals surface area (Å²) >= 11 is 1.16. The molecule has 0 atom stereocenters. The molecule has 0 aliphatic carbocycles. The molecule has 1 aromatic rings. The van der Waals surface area contributed by atoms with E-state index in [-0.39, 0.29) is 6.61 Å². The van der Waals surface area contributed by atoms with Crippen molar-refractivity contribution in [1.29, 1.82) is 0 Å². The first-order valence-corrected chi connectivity index (χ1v) is 8.16. The summed E-state index contributed by atoms with van der Waals surface area (Å²) in [5.74, 6) is 0.554. The van der Waals surface area contributed by atoms with E-state index in [1.165, 1.54) is 5.57 Å². The molecule has 0 amide bonds. The summed E-state index contributed by atoms with van der Waals surface area (Å²) in [5.41, 5.74) is 2.00. The van der Waals surface area contributed by atoms with Crippen LogP contribution in [-0.4, -0.2) is 56.1 Å². The van der Waals surface area contributed by atoms with Crippen molar-refractivity contribution in [2.24, 2.45) is 0 Å². The van der Waals surface area contributed by atoms with Gasteiger partial charge in [0.25, 0.3) is 5.88 Å². The van der Waals surface area contributed by atoms with Gasteiger partial charge in [-0.3, -0.25) is 0 Å². The van der Waals surface area contributed by atoms with Gasteiger partial charge in [0.1, 0.15) is 5.69 Å². The molecular weight excluding hydrogens is 280 g/mol. The van der Waals surface area contributed by atoms with Gasteiger partial charge in [0.2, 0.25) is 0 Å². The van der Waals surface area contributed by atoms with E-state index < -0.39 is 5.21 Å². The third kappa shape index (κ3) is 4.85. The van der Waals surface area contributed by atoms with Gasteiger partial charge in [-0.25, -0.2) is 0 Å². The fourth-order valence-corrected chi connectivity index (χ4v) is 2.85. The average molecular weight is 301 g/mol. The molecule has 2 heterocycles. The van der Waals surface area contributed by atoms with Crippen molar-refractivity contribution in [1.82, 2.24) is 13.6 Å². The van der Waals surface area contributed by atoms with Crippen molar-refractivity contribution < 1.29 is 4.74 Å². The molecule has 21 heavy (non-hydrogen) atoms. The largest absolute Gasteiger partial charge is 0.476 e. The summed E-state index contributed by atoms with van der Waals surface area (Å²) in [6, 6.07) is 0. The molecule has 0 saturated carbocycles. The number of aromatic nitrogens is 2. The monoisotopic (exact) mass is 301 g/mol. The lowest BCUT2D eigenvalue weighted by atomic mass is 9.53. The van der Waals surface area contributed by atoms with Gasteiger partial charge in [-0.1, -0.05) is 37.5 Å². The molecule has 0 spiro atoms. The Morgan fingerprint density at radius 3 is 2.95 bits per heavy atom. The summed E-state index contributed by atoms with van der Waals surface area (Å²) in [7, 11) is 14.2. The second-order valence-electron chi connectivity index (χ2n) is 5.80. The molecule has 7 heteroatoms. The van der Waals surface area contributed by atoms with Gasteiger partial charge in [0.05, 0.1) is 34.0 Å². The Kier molecular flexibility index (Phi) is 5.88. The standard InChI is InChI=1S/C14H21B2N3OS/c1-3-4-7-14(15,16)10-20-13-12(17-21-18-13)11-6-5-8-19(2)9-11/h6H,3-5,7-10H2,1-2H3. The Morgan fingerprint density at radius 2 is 2.24 bits per heavy atom. The summed E-state index contributed by atoms with van der Waals surface area (Å²) in [6.07, 6.45) is 6.03. The highest BCUT2D eigenvalue weighted by Gasteiger charge is 2.22. The van der Waals surface area contributed by atoms with Gasteiger partial charge in [-0.05, 0) is 19.0 Å². The van der Waals surface area contributed by atoms with Crippen molar-refractivity contribution in [2.45, 2.75) is 37.8 Å². The van der Waals surface area contributed by atoms with Gasteiger partial charge < -0.3 is 9.64 Å². The minimum atomic E-state index is -0.811. The van der Waals surface area contributed by atoms with Crippen LogP contribution in [0.15, 0.2) is 6.08 Å². The smallest absolute Gasteiger partial charge is 0.253 e. The lowest BCUT2D eigenvalue weighted by molar-refractivity contribution is 0.280. The lowest BCUT2D eigenvalue weighted by Crippen LogP contribution is -2.25. The molecule has 1 aliphatic heterocycles. The van der Waals surface area contributed by atoms with E-state index in [0.29, 0.717) is 5.88 Å². The van der Waals surface area contributed by atoms with Crippen LogP contribution < -0.4 is 4.74 Å². The van der Waals surface area contributed by atoms with Crippen LogP contribution in [0.4, 0.5) is 0 Å². The maximum Gasteiger partial charge on any atom is 0.253 e. The van der Waals surface area contributed by atoms with Crippen LogP contribution in [0.5, 0.6) is 5.88 Å². The predicted octanol–water partition coefficient (Wildman–Crippen LogP) is 2.28. The van der Waals surface area contributed by atoms with E-state index in [1.54, 1.807) is 0 Å². The number of likely N-dealkylation sites (N-methyl/N-ethyl adjacent to an activating group) is 1. The lowest BCUT2D eigenvalue weighted by Gasteiger charge is -2.25. The Labute approximate surface area is 134 Å². The summed E-state index contributed by atoms with van der Waals surface area (Å²) in [5, 5.41) is -0.811. The minimum absolute atomic E-state index is 0.258. The van der Waals surface area contributed by atoms with E-state index in [2.05, 4.69) is 33.7 Å². The normalized spacial score (nSPS) is 16.8. The predicted molar refractivity (Wildman–Crippen MR) is 89.2 cm³/mol. The Balaban J connectivity index is 1.99. The fraction of sp³-hybridized carbons (Fsp3) is 0.714. The van der Waals surface area contributed by atoms with Crippen molar-refractivity contribution in [3.63, 3.8) is 0 Å². The Hall–Kier alpha value is -0.810. The molecule has 0 bridgehead atoms. The third-order valence-corrected chi connectivity index (χ3v) is 4.09. The quantitative estimate of drug-likeness (QED) is 0.724. The van der Waals surface area contributed by atoms with Gasteiger partial charge in [-0.15, -0.1) is 4.37 Å². The molecule has 0 saturated heterocycles. The molecule has 4 radical (unpaired) electrons. The Morgan fingerprint density at radius 1 is 1.43 bits per heavy atom. The van der Waals surface area contributed by atoms with E-state index in [4.69, 9.17) is 20.4 Å². The summed E-state index contributed by atoms with van der Waals surface area (Å²) in [6.45, 7) is 4.32. The number of hydrogen-bond acceptors (Lipinski definition) is 5. The molecule has 1 aromatic heterocycles. The zero-order chi connectivity index (χ0) is 15.3. The van der Waals surface area contributed by atoms with Crippen LogP contribution in [0.25, 0.3) is 5.57 Å². The SMILES string of the molecule is [B]C([B])(CCCC)COc1nsnc1C1=CCCN(C)C1. The molecule has 4 nitrogen and oxygen atoms in total. The van der Waals surface area contributed by atoms with Crippen LogP contribution in [0, 0.1) is 0 Å².